The molecule has 3 aromatic carbocycles. The third-order valence-corrected chi connectivity index (χ3v) is 6.16. The van der Waals surface area contributed by atoms with E-state index in [0.717, 1.165) is 17.7 Å². The Bertz CT molecular complexity index is 1210. The molecule has 0 saturated carbocycles. The summed E-state index contributed by atoms with van der Waals surface area (Å²) >= 11 is 0. The number of amides is 2. The third-order valence-electron chi connectivity index (χ3n) is 6.16. The molecule has 7 nitrogen and oxygen atoms in total. The summed E-state index contributed by atoms with van der Waals surface area (Å²) in [4.78, 5) is 41.2. The SMILES string of the molecule is CCCC(=O)N1c2ccccc2[C@H](N(C(=O)c2cccc([N+](=O)[O-])c2)c2ccccc2)C[C@@H]1C. The zero-order chi connectivity index (χ0) is 24.2. The highest BCUT2D eigenvalue weighted by atomic mass is 16.6. The molecule has 7 heteroatoms. The Morgan fingerprint density at radius 3 is 2.44 bits per heavy atom. The molecule has 1 aliphatic rings. The smallest absolute Gasteiger partial charge is 0.270 e. The highest BCUT2D eigenvalue weighted by Crippen LogP contribution is 2.43. The van der Waals surface area contributed by atoms with Crippen LogP contribution in [-0.2, 0) is 4.79 Å². The minimum atomic E-state index is -0.501. The van der Waals surface area contributed by atoms with Gasteiger partial charge in [-0.3, -0.25) is 19.7 Å². The Balaban J connectivity index is 1.83. The molecule has 0 saturated heterocycles. The lowest BCUT2D eigenvalue weighted by Gasteiger charge is -2.43. The van der Waals surface area contributed by atoms with E-state index in [2.05, 4.69) is 0 Å². The van der Waals surface area contributed by atoms with Gasteiger partial charge >= 0.3 is 0 Å². The number of carbonyl (C=O) groups excluding carboxylic acids is 2. The summed E-state index contributed by atoms with van der Waals surface area (Å²) in [5, 5.41) is 11.3. The monoisotopic (exact) mass is 457 g/mol. The molecule has 2 amide bonds. The van der Waals surface area contributed by atoms with Crippen LogP contribution in [0.2, 0.25) is 0 Å². The number of benzene rings is 3. The van der Waals surface area contributed by atoms with Crippen LogP contribution < -0.4 is 9.80 Å². The van der Waals surface area contributed by atoms with Crippen LogP contribution in [0, 0.1) is 10.1 Å². The largest absolute Gasteiger partial charge is 0.309 e. The zero-order valence-electron chi connectivity index (χ0n) is 19.3. The van der Waals surface area contributed by atoms with E-state index in [9.17, 15) is 19.7 Å². The maximum atomic E-state index is 13.9. The lowest BCUT2D eigenvalue weighted by Crippen LogP contribution is -2.47. The van der Waals surface area contributed by atoms with Crippen LogP contribution in [0.25, 0.3) is 0 Å². The van der Waals surface area contributed by atoms with E-state index in [0.29, 0.717) is 18.5 Å². The van der Waals surface area contributed by atoms with Crippen molar-refractivity contribution >= 4 is 28.9 Å². The van der Waals surface area contributed by atoms with Crippen LogP contribution in [0.15, 0.2) is 78.9 Å². The summed E-state index contributed by atoms with van der Waals surface area (Å²) in [6.07, 6.45) is 1.76. The average molecular weight is 458 g/mol. The summed E-state index contributed by atoms with van der Waals surface area (Å²) in [5.41, 5.74) is 2.49. The molecular formula is C27H27N3O4. The van der Waals surface area contributed by atoms with Crippen molar-refractivity contribution in [3.8, 4) is 0 Å². The first-order valence-electron chi connectivity index (χ1n) is 11.5. The van der Waals surface area contributed by atoms with Crippen LogP contribution in [0.4, 0.5) is 17.1 Å². The highest BCUT2D eigenvalue weighted by molar-refractivity contribution is 6.07. The van der Waals surface area contributed by atoms with Gasteiger partial charge in [0.15, 0.2) is 0 Å². The van der Waals surface area contributed by atoms with Crippen molar-refractivity contribution in [2.75, 3.05) is 9.80 Å². The van der Waals surface area contributed by atoms with Crippen molar-refractivity contribution in [3.05, 3.63) is 100 Å². The maximum absolute atomic E-state index is 13.9. The van der Waals surface area contributed by atoms with E-state index in [-0.39, 0.29) is 35.1 Å². The molecular weight excluding hydrogens is 430 g/mol. The second kappa shape index (κ2) is 9.87. The van der Waals surface area contributed by atoms with Crippen molar-refractivity contribution in [1.82, 2.24) is 0 Å². The molecule has 1 aliphatic heterocycles. The molecule has 1 heterocycles. The van der Waals surface area contributed by atoms with Crippen LogP contribution in [0.5, 0.6) is 0 Å². The number of hydrogen-bond acceptors (Lipinski definition) is 4. The number of fused-ring (bicyclic) bond motifs is 1. The van der Waals surface area contributed by atoms with Gasteiger partial charge in [-0.1, -0.05) is 49.4 Å². The second-order valence-corrected chi connectivity index (χ2v) is 8.49. The number of para-hydroxylation sites is 2. The van der Waals surface area contributed by atoms with Gasteiger partial charge in [0.05, 0.1) is 11.0 Å². The second-order valence-electron chi connectivity index (χ2n) is 8.49. The van der Waals surface area contributed by atoms with Crippen molar-refractivity contribution < 1.29 is 14.5 Å². The van der Waals surface area contributed by atoms with Gasteiger partial charge in [-0.25, -0.2) is 0 Å². The molecule has 2 atom stereocenters. The molecule has 4 rings (SSSR count). The average Bonchev–Trinajstić information content (AvgIpc) is 2.85. The molecule has 34 heavy (non-hydrogen) atoms. The molecule has 0 bridgehead atoms. The number of hydrogen-bond donors (Lipinski definition) is 0. The van der Waals surface area contributed by atoms with Crippen molar-refractivity contribution in [2.24, 2.45) is 0 Å². The van der Waals surface area contributed by atoms with E-state index < -0.39 is 4.92 Å². The van der Waals surface area contributed by atoms with E-state index in [1.54, 1.807) is 11.0 Å². The third kappa shape index (κ3) is 4.41. The lowest BCUT2D eigenvalue weighted by atomic mass is 9.89. The molecule has 174 valence electrons. The van der Waals surface area contributed by atoms with E-state index in [1.165, 1.54) is 18.2 Å². The van der Waals surface area contributed by atoms with E-state index in [4.69, 9.17) is 0 Å². The molecule has 0 aliphatic carbocycles. The molecule has 0 spiro atoms. The normalized spacial score (nSPS) is 17.1. The fourth-order valence-electron chi connectivity index (χ4n) is 4.66. The summed E-state index contributed by atoms with van der Waals surface area (Å²) < 4.78 is 0. The number of nitro benzene ring substituents is 1. The summed E-state index contributed by atoms with van der Waals surface area (Å²) in [7, 11) is 0. The van der Waals surface area contributed by atoms with Gasteiger partial charge in [-0.2, -0.15) is 0 Å². The van der Waals surface area contributed by atoms with Crippen LogP contribution in [-0.4, -0.2) is 22.8 Å². The minimum Gasteiger partial charge on any atom is -0.309 e. The number of carbonyl (C=O) groups is 2. The topological polar surface area (TPSA) is 83.8 Å². The van der Waals surface area contributed by atoms with E-state index in [1.807, 2.05) is 73.3 Å². The van der Waals surface area contributed by atoms with Crippen molar-refractivity contribution in [3.63, 3.8) is 0 Å². The number of non-ortho nitro benzene ring substituents is 1. The number of rotatable bonds is 6. The predicted octanol–water partition coefficient (Wildman–Crippen LogP) is 5.91. The van der Waals surface area contributed by atoms with E-state index >= 15 is 0 Å². The summed E-state index contributed by atoms with van der Waals surface area (Å²) in [6, 6.07) is 22.3. The standard InChI is InChI=1S/C27H27N3O4/c1-3-10-26(31)28-19(2)17-25(23-15-7-8-16-24(23)28)29(21-12-5-4-6-13-21)27(32)20-11-9-14-22(18-20)30(33)34/h4-9,11-16,18-19,25H,3,10,17H2,1-2H3/t19-,25+/m0/s1. The maximum Gasteiger partial charge on any atom is 0.270 e. The lowest BCUT2D eigenvalue weighted by molar-refractivity contribution is -0.384. The van der Waals surface area contributed by atoms with Gasteiger partial charge in [0.1, 0.15) is 0 Å². The Morgan fingerprint density at radius 2 is 1.74 bits per heavy atom. The Labute approximate surface area is 198 Å². The predicted molar refractivity (Wildman–Crippen MR) is 132 cm³/mol. The minimum absolute atomic E-state index is 0.0668. The van der Waals surface area contributed by atoms with Crippen molar-refractivity contribution in [2.45, 2.75) is 45.2 Å². The Kier molecular flexibility index (Phi) is 6.72. The number of anilines is 2. The van der Waals surface area contributed by atoms with Crippen LogP contribution >= 0.6 is 0 Å². The molecule has 0 N–H and O–H groups in total. The Hall–Kier alpha value is -4.00. The molecule has 0 fully saturated rings. The van der Waals surface area contributed by atoms with Gasteiger partial charge in [0.2, 0.25) is 5.91 Å². The summed E-state index contributed by atoms with van der Waals surface area (Å²) in [6.45, 7) is 3.98. The highest BCUT2D eigenvalue weighted by Gasteiger charge is 2.38. The van der Waals surface area contributed by atoms with Crippen LogP contribution in [0.3, 0.4) is 0 Å². The number of nitro groups is 1. The van der Waals surface area contributed by atoms with Gasteiger partial charge in [-0.05, 0) is 49.6 Å². The molecule has 3 aromatic rings. The fourth-order valence-corrected chi connectivity index (χ4v) is 4.66. The first kappa shape index (κ1) is 23.2. The Morgan fingerprint density at radius 1 is 1.03 bits per heavy atom. The quantitative estimate of drug-likeness (QED) is 0.340. The van der Waals surface area contributed by atoms with Gasteiger partial charge in [0, 0.05) is 41.5 Å². The summed E-state index contributed by atoms with van der Waals surface area (Å²) in [5.74, 6) is -0.257. The molecule has 0 aromatic heterocycles. The zero-order valence-corrected chi connectivity index (χ0v) is 19.3. The first-order chi connectivity index (χ1) is 16.4. The van der Waals surface area contributed by atoms with Gasteiger partial charge in [-0.15, -0.1) is 0 Å². The fraction of sp³-hybridized carbons (Fsp3) is 0.259. The van der Waals surface area contributed by atoms with Crippen LogP contribution in [0.1, 0.15) is 55.1 Å². The first-order valence-corrected chi connectivity index (χ1v) is 11.5. The van der Waals surface area contributed by atoms with Gasteiger partial charge < -0.3 is 9.80 Å². The van der Waals surface area contributed by atoms with Gasteiger partial charge in [0.25, 0.3) is 11.6 Å². The molecule has 0 unspecified atom stereocenters. The van der Waals surface area contributed by atoms with Crippen molar-refractivity contribution in [1.29, 1.82) is 0 Å². The molecule has 0 radical (unpaired) electrons. The number of nitrogens with zero attached hydrogens (tertiary/aromatic N) is 3.